The Hall–Kier alpha value is -2.98. The van der Waals surface area contributed by atoms with E-state index in [1.54, 1.807) is 0 Å². The van der Waals surface area contributed by atoms with Crippen LogP contribution in [0.3, 0.4) is 0 Å². The molecule has 0 aliphatic heterocycles. The van der Waals surface area contributed by atoms with E-state index in [4.69, 9.17) is 4.43 Å². The second kappa shape index (κ2) is 10.7. The third kappa shape index (κ3) is 5.18. The molecule has 0 fully saturated rings. The average Bonchev–Trinajstić information content (AvgIpc) is 2.90. The molecule has 0 radical (unpaired) electrons. The van der Waals surface area contributed by atoms with Crippen LogP contribution < -0.4 is 10.4 Å². The maximum atomic E-state index is 11.9. The fourth-order valence-electron chi connectivity index (χ4n) is 5.20. The van der Waals surface area contributed by atoms with Gasteiger partial charge in [-0.25, -0.2) is 0 Å². The predicted molar refractivity (Wildman–Crippen MR) is 149 cm³/mol. The van der Waals surface area contributed by atoms with E-state index in [1.807, 2.05) is 60.7 Å². The molecule has 4 rings (SSSR count). The lowest BCUT2D eigenvalue weighted by Gasteiger charge is -2.43. The average molecular weight is 481 g/mol. The molecule has 0 atom stereocenters. The van der Waals surface area contributed by atoms with Gasteiger partial charge in [-0.3, -0.25) is 0 Å². The Balaban J connectivity index is 1.64. The van der Waals surface area contributed by atoms with Crippen LogP contribution in [-0.2, 0) is 10.0 Å². The molecule has 0 unspecified atom stereocenters. The van der Waals surface area contributed by atoms with Crippen LogP contribution in [0.2, 0.25) is 5.04 Å². The lowest BCUT2D eigenvalue weighted by atomic mass is 9.83. The molecule has 0 saturated heterocycles. The summed E-state index contributed by atoms with van der Waals surface area (Å²) in [5.41, 5.74) is 0.769. The van der Waals surface area contributed by atoms with Crippen molar-refractivity contribution in [3.63, 3.8) is 0 Å². The van der Waals surface area contributed by atoms with Gasteiger partial charge in [0, 0.05) is 6.61 Å². The van der Waals surface area contributed by atoms with Gasteiger partial charge in [-0.05, 0) is 39.4 Å². The summed E-state index contributed by atoms with van der Waals surface area (Å²) in [5.74, 6) is 0. The number of aliphatic hydroxyl groups is 1. The molecule has 0 aromatic heterocycles. The van der Waals surface area contributed by atoms with Gasteiger partial charge >= 0.3 is 0 Å². The number of hydrogen-bond donors (Lipinski definition) is 1. The van der Waals surface area contributed by atoms with Crippen LogP contribution in [0.5, 0.6) is 0 Å². The standard InChI is InChI=1S/C32H36O2Si/c1-31(2,3)35(29-21-12-6-13-22-29,30-23-14-7-15-24-30)34-26-16-25-32(33,27-17-8-4-9-18-27)28-19-10-5-11-20-28/h4-15,17-24,33H,16,25-26H2,1-3H3. The third-order valence-electron chi connectivity index (χ3n) is 6.92. The molecular weight excluding hydrogens is 444 g/mol. The van der Waals surface area contributed by atoms with Gasteiger partial charge in [0.2, 0.25) is 0 Å². The van der Waals surface area contributed by atoms with E-state index < -0.39 is 13.9 Å². The molecule has 1 N–H and O–H groups in total. The second-order valence-electron chi connectivity index (χ2n) is 10.2. The molecule has 4 aromatic carbocycles. The highest BCUT2D eigenvalue weighted by atomic mass is 28.4. The van der Waals surface area contributed by atoms with Crippen molar-refractivity contribution in [3.8, 4) is 0 Å². The lowest BCUT2D eigenvalue weighted by Crippen LogP contribution is -2.66. The van der Waals surface area contributed by atoms with Crippen LogP contribution in [0.4, 0.5) is 0 Å². The summed E-state index contributed by atoms with van der Waals surface area (Å²) in [6.45, 7) is 7.46. The number of hydrogen-bond acceptors (Lipinski definition) is 2. The highest BCUT2D eigenvalue weighted by molar-refractivity contribution is 6.99. The van der Waals surface area contributed by atoms with Crippen LogP contribution in [0, 0.1) is 0 Å². The van der Waals surface area contributed by atoms with E-state index in [9.17, 15) is 5.11 Å². The highest BCUT2D eigenvalue weighted by Crippen LogP contribution is 2.38. The first-order chi connectivity index (χ1) is 16.9. The lowest BCUT2D eigenvalue weighted by molar-refractivity contribution is 0.0634. The number of rotatable bonds is 9. The van der Waals surface area contributed by atoms with Crippen LogP contribution in [0.15, 0.2) is 121 Å². The molecule has 0 aliphatic rings. The predicted octanol–water partition coefficient (Wildman–Crippen LogP) is 6.28. The van der Waals surface area contributed by atoms with E-state index in [0.717, 1.165) is 17.5 Å². The van der Waals surface area contributed by atoms with Crippen molar-refractivity contribution in [2.24, 2.45) is 0 Å². The van der Waals surface area contributed by atoms with Crippen LogP contribution in [-0.4, -0.2) is 20.0 Å². The molecule has 0 aliphatic carbocycles. The minimum absolute atomic E-state index is 0.0646. The summed E-state index contributed by atoms with van der Waals surface area (Å²) in [6.07, 6.45) is 1.32. The molecule has 2 nitrogen and oxygen atoms in total. The van der Waals surface area contributed by atoms with Crippen molar-refractivity contribution >= 4 is 18.7 Å². The fraction of sp³-hybridized carbons (Fsp3) is 0.250. The molecule has 180 valence electrons. The largest absolute Gasteiger partial charge is 0.407 e. The van der Waals surface area contributed by atoms with Gasteiger partial charge in [0.25, 0.3) is 8.32 Å². The highest BCUT2D eigenvalue weighted by Gasteiger charge is 2.50. The first kappa shape index (κ1) is 25.1. The zero-order chi connectivity index (χ0) is 24.8. The van der Waals surface area contributed by atoms with Gasteiger partial charge in [0.1, 0.15) is 5.60 Å². The molecule has 0 saturated carbocycles. The van der Waals surface area contributed by atoms with Crippen molar-refractivity contribution < 1.29 is 9.53 Å². The zero-order valence-corrected chi connectivity index (χ0v) is 22.0. The SMILES string of the molecule is CC(C)(C)[Si](OCCCC(O)(c1ccccc1)c1ccccc1)(c1ccccc1)c1ccccc1. The third-order valence-corrected chi connectivity index (χ3v) is 12.0. The first-order valence-electron chi connectivity index (χ1n) is 12.5. The molecule has 35 heavy (non-hydrogen) atoms. The van der Waals surface area contributed by atoms with Crippen molar-refractivity contribution in [2.75, 3.05) is 6.61 Å². The smallest absolute Gasteiger partial charge is 0.261 e. The van der Waals surface area contributed by atoms with Crippen LogP contribution in [0.25, 0.3) is 0 Å². The molecule has 0 spiro atoms. The van der Waals surface area contributed by atoms with Crippen molar-refractivity contribution in [3.05, 3.63) is 132 Å². The van der Waals surface area contributed by atoms with Crippen LogP contribution >= 0.6 is 0 Å². The summed E-state index contributed by atoms with van der Waals surface area (Å²) in [7, 11) is -2.59. The van der Waals surface area contributed by atoms with E-state index in [1.165, 1.54) is 10.4 Å². The Bertz CT molecular complexity index is 1090. The summed E-state index contributed by atoms with van der Waals surface area (Å²) in [5, 5.41) is 14.4. The Morgan fingerprint density at radius 2 is 0.971 bits per heavy atom. The molecule has 0 amide bonds. The monoisotopic (exact) mass is 480 g/mol. The Labute approximate surface area is 211 Å². The van der Waals surface area contributed by atoms with E-state index >= 15 is 0 Å². The van der Waals surface area contributed by atoms with Gasteiger partial charge in [-0.1, -0.05) is 142 Å². The van der Waals surface area contributed by atoms with E-state index in [0.29, 0.717) is 13.0 Å². The Kier molecular flexibility index (Phi) is 7.71. The van der Waals surface area contributed by atoms with Crippen molar-refractivity contribution in [1.82, 2.24) is 0 Å². The van der Waals surface area contributed by atoms with Gasteiger partial charge in [-0.15, -0.1) is 0 Å². The quantitative estimate of drug-likeness (QED) is 0.226. The maximum absolute atomic E-state index is 11.9. The van der Waals surface area contributed by atoms with E-state index in [-0.39, 0.29) is 5.04 Å². The first-order valence-corrected chi connectivity index (χ1v) is 14.4. The molecular formula is C32H36O2Si. The second-order valence-corrected chi connectivity index (χ2v) is 14.5. The van der Waals surface area contributed by atoms with Gasteiger partial charge < -0.3 is 9.53 Å². The maximum Gasteiger partial charge on any atom is 0.261 e. The normalized spacial score (nSPS) is 12.5. The van der Waals surface area contributed by atoms with Crippen LogP contribution in [0.1, 0.15) is 44.7 Å². The molecule has 0 bridgehead atoms. The molecule has 4 aromatic rings. The number of benzene rings is 4. The minimum Gasteiger partial charge on any atom is -0.407 e. The topological polar surface area (TPSA) is 29.5 Å². The summed E-state index contributed by atoms with van der Waals surface area (Å²) < 4.78 is 7.06. The summed E-state index contributed by atoms with van der Waals surface area (Å²) in [4.78, 5) is 0. The molecule has 0 heterocycles. The minimum atomic E-state index is -2.59. The van der Waals surface area contributed by atoms with Gasteiger partial charge in [-0.2, -0.15) is 0 Å². The van der Waals surface area contributed by atoms with Gasteiger partial charge in [0.05, 0.1) is 0 Å². The van der Waals surface area contributed by atoms with Crippen molar-refractivity contribution in [1.29, 1.82) is 0 Å². The van der Waals surface area contributed by atoms with Crippen molar-refractivity contribution in [2.45, 2.75) is 44.3 Å². The zero-order valence-electron chi connectivity index (χ0n) is 21.0. The Morgan fingerprint density at radius 3 is 1.34 bits per heavy atom. The summed E-state index contributed by atoms with van der Waals surface area (Å²) >= 11 is 0. The fourth-order valence-corrected chi connectivity index (χ4v) is 9.80. The van der Waals surface area contributed by atoms with Gasteiger partial charge in [0.15, 0.2) is 0 Å². The summed E-state index contributed by atoms with van der Waals surface area (Å²) in [6, 6.07) is 41.4. The molecule has 3 heteroatoms. The van der Waals surface area contributed by atoms with E-state index in [2.05, 4.69) is 81.4 Å². The Morgan fingerprint density at radius 1 is 0.600 bits per heavy atom.